The molecule has 5 heteroatoms. The van der Waals surface area contributed by atoms with Crippen molar-refractivity contribution in [3.63, 3.8) is 0 Å². The lowest BCUT2D eigenvalue weighted by Gasteiger charge is -2.08. The molecule has 19 heavy (non-hydrogen) atoms. The molecule has 0 radical (unpaired) electrons. The number of hydrogen-bond donors (Lipinski definition) is 2. The fourth-order valence-corrected chi connectivity index (χ4v) is 1.82. The first-order valence-corrected chi connectivity index (χ1v) is 6.22. The van der Waals surface area contributed by atoms with Crippen LogP contribution >= 0.6 is 0 Å². The quantitative estimate of drug-likeness (QED) is 0.872. The first-order chi connectivity index (χ1) is 9.11. The Hall–Kier alpha value is -1.88. The molecule has 1 aromatic carbocycles. The summed E-state index contributed by atoms with van der Waals surface area (Å²) in [6.07, 6.45) is 1.62. The highest BCUT2D eigenvalue weighted by Gasteiger charge is 2.13. The molecule has 0 saturated heterocycles. The molecule has 1 aromatic heterocycles. The van der Waals surface area contributed by atoms with Crippen LogP contribution in [0.3, 0.4) is 0 Å². The minimum atomic E-state index is -0.327. The van der Waals surface area contributed by atoms with Crippen LogP contribution in [0.15, 0.2) is 24.4 Å². The largest absolute Gasteiger partial charge is 0.496 e. The summed E-state index contributed by atoms with van der Waals surface area (Å²) in [7, 11) is 1.52. The molecule has 0 aliphatic rings. The molecular formula is C14H18FN3O. The Morgan fingerprint density at radius 3 is 2.89 bits per heavy atom. The summed E-state index contributed by atoms with van der Waals surface area (Å²) in [6, 6.07) is 5.13. The van der Waals surface area contributed by atoms with Gasteiger partial charge in [0.25, 0.3) is 0 Å². The van der Waals surface area contributed by atoms with E-state index in [-0.39, 0.29) is 5.82 Å². The lowest BCUT2D eigenvalue weighted by Crippen LogP contribution is -2.22. The van der Waals surface area contributed by atoms with Crippen molar-refractivity contribution in [1.29, 1.82) is 0 Å². The SMILES string of the molecule is COc1cccc(F)c1-c1cnc(CNC(C)C)[nH]1. The van der Waals surface area contributed by atoms with E-state index in [0.29, 0.717) is 29.6 Å². The number of nitrogens with one attached hydrogen (secondary N) is 2. The molecule has 0 spiro atoms. The number of H-pyrrole nitrogens is 1. The predicted octanol–water partition coefficient (Wildman–Crippen LogP) is 2.72. The molecule has 0 amide bonds. The summed E-state index contributed by atoms with van der Waals surface area (Å²) >= 11 is 0. The van der Waals surface area contributed by atoms with Crippen LogP contribution in [0.4, 0.5) is 4.39 Å². The van der Waals surface area contributed by atoms with Crippen molar-refractivity contribution >= 4 is 0 Å². The van der Waals surface area contributed by atoms with Crippen molar-refractivity contribution in [2.45, 2.75) is 26.4 Å². The van der Waals surface area contributed by atoms with Crippen molar-refractivity contribution in [2.75, 3.05) is 7.11 Å². The summed E-state index contributed by atoms with van der Waals surface area (Å²) < 4.78 is 19.1. The predicted molar refractivity (Wildman–Crippen MR) is 72.5 cm³/mol. The molecule has 0 fully saturated rings. The highest BCUT2D eigenvalue weighted by atomic mass is 19.1. The number of hydrogen-bond acceptors (Lipinski definition) is 3. The minimum absolute atomic E-state index is 0.327. The van der Waals surface area contributed by atoms with E-state index in [9.17, 15) is 4.39 Å². The fraction of sp³-hybridized carbons (Fsp3) is 0.357. The second kappa shape index (κ2) is 5.84. The van der Waals surface area contributed by atoms with Gasteiger partial charge in [0.2, 0.25) is 0 Å². The van der Waals surface area contributed by atoms with Crippen LogP contribution in [0.1, 0.15) is 19.7 Å². The Kier molecular flexibility index (Phi) is 4.16. The van der Waals surface area contributed by atoms with Gasteiger partial charge >= 0.3 is 0 Å². The van der Waals surface area contributed by atoms with E-state index in [1.807, 2.05) is 0 Å². The summed E-state index contributed by atoms with van der Waals surface area (Å²) in [4.78, 5) is 7.35. The van der Waals surface area contributed by atoms with Crippen molar-refractivity contribution < 1.29 is 9.13 Å². The number of benzene rings is 1. The molecule has 102 valence electrons. The zero-order valence-electron chi connectivity index (χ0n) is 11.3. The van der Waals surface area contributed by atoms with Crippen LogP contribution in [0.2, 0.25) is 0 Å². The zero-order valence-corrected chi connectivity index (χ0v) is 11.3. The number of ether oxygens (including phenoxy) is 1. The van der Waals surface area contributed by atoms with E-state index >= 15 is 0 Å². The maximum absolute atomic E-state index is 13.9. The van der Waals surface area contributed by atoms with E-state index in [1.165, 1.54) is 13.2 Å². The summed E-state index contributed by atoms with van der Waals surface area (Å²) in [6.45, 7) is 4.74. The summed E-state index contributed by atoms with van der Waals surface area (Å²) in [5, 5.41) is 3.25. The summed E-state index contributed by atoms with van der Waals surface area (Å²) in [5.74, 6) is 0.937. The lowest BCUT2D eigenvalue weighted by atomic mass is 10.1. The zero-order chi connectivity index (χ0) is 13.8. The first-order valence-electron chi connectivity index (χ1n) is 6.22. The highest BCUT2D eigenvalue weighted by molar-refractivity contribution is 5.67. The molecule has 0 unspecified atom stereocenters. The van der Waals surface area contributed by atoms with Crippen LogP contribution in [-0.4, -0.2) is 23.1 Å². The van der Waals surface area contributed by atoms with Gasteiger partial charge in [-0.15, -0.1) is 0 Å². The second-order valence-electron chi connectivity index (χ2n) is 4.60. The third kappa shape index (κ3) is 3.12. The van der Waals surface area contributed by atoms with E-state index < -0.39 is 0 Å². The minimum Gasteiger partial charge on any atom is -0.496 e. The molecule has 0 saturated carbocycles. The Balaban J connectivity index is 2.28. The molecule has 2 N–H and O–H groups in total. The van der Waals surface area contributed by atoms with Crippen LogP contribution in [0, 0.1) is 5.82 Å². The number of methoxy groups -OCH3 is 1. The van der Waals surface area contributed by atoms with Crippen molar-refractivity contribution in [2.24, 2.45) is 0 Å². The van der Waals surface area contributed by atoms with Gasteiger partial charge in [0.15, 0.2) is 0 Å². The Labute approximate surface area is 112 Å². The normalized spacial score (nSPS) is 11.0. The van der Waals surface area contributed by atoms with E-state index in [0.717, 1.165) is 5.82 Å². The number of halogens is 1. The van der Waals surface area contributed by atoms with Crippen LogP contribution < -0.4 is 10.1 Å². The Bertz CT molecular complexity index is 551. The van der Waals surface area contributed by atoms with E-state index in [4.69, 9.17) is 4.74 Å². The average Bonchev–Trinajstić information content (AvgIpc) is 2.84. The highest BCUT2D eigenvalue weighted by Crippen LogP contribution is 2.31. The molecule has 0 bridgehead atoms. The van der Waals surface area contributed by atoms with Crippen molar-refractivity contribution in [3.05, 3.63) is 36.0 Å². The fourth-order valence-electron chi connectivity index (χ4n) is 1.82. The van der Waals surface area contributed by atoms with Gasteiger partial charge in [0.05, 0.1) is 31.1 Å². The smallest absolute Gasteiger partial charge is 0.136 e. The van der Waals surface area contributed by atoms with Crippen LogP contribution in [0.5, 0.6) is 5.75 Å². The Morgan fingerprint density at radius 2 is 2.21 bits per heavy atom. The number of imidazole rings is 1. The van der Waals surface area contributed by atoms with Crippen LogP contribution in [0.25, 0.3) is 11.3 Å². The molecule has 2 rings (SSSR count). The third-order valence-corrected chi connectivity index (χ3v) is 2.77. The van der Waals surface area contributed by atoms with E-state index in [2.05, 4.69) is 29.1 Å². The third-order valence-electron chi connectivity index (χ3n) is 2.77. The second-order valence-corrected chi connectivity index (χ2v) is 4.60. The maximum atomic E-state index is 13.9. The Morgan fingerprint density at radius 1 is 1.42 bits per heavy atom. The number of nitrogens with zero attached hydrogens (tertiary/aromatic N) is 1. The maximum Gasteiger partial charge on any atom is 0.136 e. The molecule has 1 heterocycles. The van der Waals surface area contributed by atoms with Gasteiger partial charge in [-0.3, -0.25) is 0 Å². The van der Waals surface area contributed by atoms with Crippen LogP contribution in [-0.2, 0) is 6.54 Å². The molecule has 0 atom stereocenters. The number of aromatic nitrogens is 2. The number of aromatic amines is 1. The van der Waals surface area contributed by atoms with Crippen molar-refractivity contribution in [1.82, 2.24) is 15.3 Å². The van der Waals surface area contributed by atoms with E-state index in [1.54, 1.807) is 18.3 Å². The average molecular weight is 263 g/mol. The molecular weight excluding hydrogens is 245 g/mol. The molecule has 0 aliphatic carbocycles. The topological polar surface area (TPSA) is 49.9 Å². The van der Waals surface area contributed by atoms with Gasteiger partial charge in [-0.1, -0.05) is 19.9 Å². The first kappa shape index (κ1) is 13.5. The monoisotopic (exact) mass is 263 g/mol. The van der Waals surface area contributed by atoms with Gasteiger partial charge in [-0.25, -0.2) is 9.37 Å². The van der Waals surface area contributed by atoms with Gasteiger partial charge in [0, 0.05) is 6.04 Å². The van der Waals surface area contributed by atoms with Gasteiger partial charge in [-0.05, 0) is 12.1 Å². The summed E-state index contributed by atoms with van der Waals surface area (Å²) in [5.41, 5.74) is 1.03. The molecule has 0 aliphatic heterocycles. The van der Waals surface area contributed by atoms with Crippen molar-refractivity contribution in [3.8, 4) is 17.0 Å². The molecule has 2 aromatic rings. The van der Waals surface area contributed by atoms with Gasteiger partial charge in [0.1, 0.15) is 17.4 Å². The van der Waals surface area contributed by atoms with Gasteiger partial charge in [-0.2, -0.15) is 0 Å². The number of rotatable bonds is 5. The standard InChI is InChI=1S/C14H18FN3O/c1-9(2)16-8-13-17-7-11(18-13)14-10(15)5-4-6-12(14)19-3/h4-7,9,16H,8H2,1-3H3,(H,17,18). The lowest BCUT2D eigenvalue weighted by molar-refractivity contribution is 0.413. The molecule has 4 nitrogen and oxygen atoms in total. The van der Waals surface area contributed by atoms with Gasteiger partial charge < -0.3 is 15.0 Å².